The molecule has 2 saturated heterocycles. The Morgan fingerprint density at radius 3 is 2.78 bits per heavy atom. The lowest BCUT2D eigenvalue weighted by atomic mass is 10.1. The van der Waals surface area contributed by atoms with Crippen LogP contribution in [0.15, 0.2) is 12.4 Å². The lowest BCUT2D eigenvalue weighted by molar-refractivity contribution is -0.137. The van der Waals surface area contributed by atoms with E-state index in [1.54, 1.807) is 11.1 Å². The average Bonchev–Trinajstić information content (AvgIpc) is 3.15. The number of ether oxygens (including phenoxy) is 1. The van der Waals surface area contributed by atoms with Gasteiger partial charge in [-0.1, -0.05) is 0 Å². The molecule has 4 rings (SSSR count). The molecule has 0 saturated carbocycles. The van der Waals surface area contributed by atoms with Crippen molar-refractivity contribution in [1.82, 2.24) is 29.5 Å². The summed E-state index contributed by atoms with van der Waals surface area (Å²) < 4.78 is 47.8. The fourth-order valence-corrected chi connectivity index (χ4v) is 4.39. The van der Waals surface area contributed by atoms with Gasteiger partial charge in [0.1, 0.15) is 18.0 Å². The number of hydrogen-bond acceptors (Lipinski definition) is 8. The van der Waals surface area contributed by atoms with Gasteiger partial charge in [0.25, 0.3) is 0 Å². The van der Waals surface area contributed by atoms with E-state index in [-0.39, 0.29) is 36.9 Å². The molecule has 37 heavy (non-hydrogen) atoms. The molecule has 10 nitrogen and oxygen atoms in total. The van der Waals surface area contributed by atoms with Crippen LogP contribution in [-0.2, 0) is 15.7 Å². The molecule has 2 aliphatic heterocycles. The lowest BCUT2D eigenvalue weighted by Gasteiger charge is -2.28. The van der Waals surface area contributed by atoms with Crippen molar-refractivity contribution >= 4 is 23.4 Å². The van der Waals surface area contributed by atoms with Crippen molar-refractivity contribution in [3.63, 3.8) is 0 Å². The molecular formula is C24H31F3N8O2. The Hall–Kier alpha value is -3.37. The molecule has 0 aromatic carbocycles. The minimum absolute atomic E-state index is 0.0284. The molecular weight excluding hydrogens is 489 g/mol. The largest absolute Gasteiger partial charge is 0.421 e. The molecule has 0 unspecified atom stereocenters. The molecule has 2 aliphatic rings. The molecule has 2 aromatic rings. The van der Waals surface area contributed by atoms with Crippen LogP contribution in [0.25, 0.3) is 0 Å². The van der Waals surface area contributed by atoms with Gasteiger partial charge < -0.3 is 25.2 Å². The fraction of sp³-hybridized carbons (Fsp3) is 0.583. The van der Waals surface area contributed by atoms with Crippen molar-refractivity contribution in [1.29, 1.82) is 0 Å². The van der Waals surface area contributed by atoms with E-state index >= 15 is 0 Å². The second kappa shape index (κ2) is 11.8. The molecule has 2 N–H and O–H groups in total. The summed E-state index contributed by atoms with van der Waals surface area (Å²) in [5.41, 5.74) is -0.187. The number of carbonyl (C=O) groups is 1. The van der Waals surface area contributed by atoms with Gasteiger partial charge in [0.15, 0.2) is 5.69 Å². The number of piperidine rings is 1. The van der Waals surface area contributed by atoms with Gasteiger partial charge in [-0.25, -0.2) is 4.98 Å². The summed E-state index contributed by atoms with van der Waals surface area (Å²) >= 11 is 0. The molecule has 1 amide bonds. The van der Waals surface area contributed by atoms with E-state index in [2.05, 4.69) is 43.6 Å². The van der Waals surface area contributed by atoms with Crippen LogP contribution in [0.5, 0.6) is 0 Å². The number of likely N-dealkylation sites (tertiary alicyclic amines) is 1. The van der Waals surface area contributed by atoms with Crippen LogP contribution in [0.4, 0.5) is 30.6 Å². The standard InChI is InChI=1S/C24H31F3N8O2/c1-3-19-20(15-35(32-19)17-6-11-33(2)12-7-17)30-23-29-14-18(24(25,26)27)22(31-23)28-8-4-9-34-10-5-13-37-16-21(34)36/h1,14-15,17H,4-13,16H2,2H3,(H2,28,29,30,31). The quantitative estimate of drug-likeness (QED) is 0.405. The van der Waals surface area contributed by atoms with Gasteiger partial charge in [-0.05, 0) is 51.7 Å². The smallest absolute Gasteiger partial charge is 0.372 e. The number of halogens is 3. The average molecular weight is 521 g/mol. The van der Waals surface area contributed by atoms with Crippen LogP contribution < -0.4 is 10.6 Å². The van der Waals surface area contributed by atoms with Crippen LogP contribution in [0, 0.1) is 12.3 Å². The topological polar surface area (TPSA) is 100 Å². The summed E-state index contributed by atoms with van der Waals surface area (Å²) in [5.74, 6) is 2.02. The number of anilines is 3. The molecule has 0 aliphatic carbocycles. The Bertz CT molecular complexity index is 1120. The third-order valence-corrected chi connectivity index (χ3v) is 6.46. The Labute approximate surface area is 213 Å². The first-order valence-corrected chi connectivity index (χ1v) is 12.3. The van der Waals surface area contributed by atoms with E-state index < -0.39 is 11.7 Å². The molecule has 200 valence electrons. The zero-order valence-corrected chi connectivity index (χ0v) is 20.7. The van der Waals surface area contributed by atoms with Crippen molar-refractivity contribution in [3.05, 3.63) is 23.7 Å². The molecule has 2 aromatic heterocycles. The van der Waals surface area contributed by atoms with E-state index in [0.717, 1.165) is 38.5 Å². The number of terminal acetylenes is 1. The minimum atomic E-state index is -4.64. The van der Waals surface area contributed by atoms with Gasteiger partial charge in [0.05, 0.1) is 17.9 Å². The molecule has 0 radical (unpaired) electrons. The zero-order chi connectivity index (χ0) is 26.4. The molecule has 0 spiro atoms. The SMILES string of the molecule is C#Cc1nn(C2CCN(C)CC2)cc1Nc1ncc(C(F)(F)F)c(NCCCN2CCCOCC2=O)n1. The predicted molar refractivity (Wildman–Crippen MR) is 131 cm³/mol. The highest BCUT2D eigenvalue weighted by molar-refractivity contribution is 5.77. The third-order valence-electron chi connectivity index (χ3n) is 6.46. The van der Waals surface area contributed by atoms with Gasteiger partial charge in [-0.2, -0.15) is 23.3 Å². The number of nitrogens with zero attached hydrogens (tertiary/aromatic N) is 6. The number of amides is 1. The number of aromatic nitrogens is 4. The summed E-state index contributed by atoms with van der Waals surface area (Å²) in [6.45, 7) is 3.59. The van der Waals surface area contributed by atoms with E-state index in [1.807, 2.05) is 4.68 Å². The number of alkyl halides is 3. The summed E-state index contributed by atoms with van der Waals surface area (Å²) in [6.07, 6.45) is 6.50. The molecule has 0 bridgehead atoms. The van der Waals surface area contributed by atoms with Gasteiger partial charge >= 0.3 is 6.18 Å². The normalized spacial score (nSPS) is 17.9. The Balaban J connectivity index is 1.45. The lowest BCUT2D eigenvalue weighted by Crippen LogP contribution is -2.34. The van der Waals surface area contributed by atoms with E-state index in [9.17, 15) is 18.0 Å². The van der Waals surface area contributed by atoms with Crippen LogP contribution in [-0.4, -0.2) is 88.4 Å². The van der Waals surface area contributed by atoms with Crippen LogP contribution >= 0.6 is 0 Å². The number of rotatable bonds is 8. The maximum absolute atomic E-state index is 13.6. The number of carbonyl (C=O) groups excluding carboxylic acids is 1. The molecule has 13 heteroatoms. The first kappa shape index (κ1) is 26.7. The Morgan fingerprint density at radius 2 is 2.05 bits per heavy atom. The maximum atomic E-state index is 13.6. The molecule has 0 atom stereocenters. The second-order valence-electron chi connectivity index (χ2n) is 9.20. The highest BCUT2D eigenvalue weighted by Crippen LogP contribution is 2.34. The highest BCUT2D eigenvalue weighted by Gasteiger charge is 2.35. The van der Waals surface area contributed by atoms with E-state index in [4.69, 9.17) is 11.2 Å². The first-order valence-electron chi connectivity index (χ1n) is 12.3. The van der Waals surface area contributed by atoms with Crippen molar-refractivity contribution in [2.75, 3.05) is 63.6 Å². The highest BCUT2D eigenvalue weighted by atomic mass is 19.4. The predicted octanol–water partition coefficient (Wildman–Crippen LogP) is 2.73. The van der Waals surface area contributed by atoms with Crippen molar-refractivity contribution in [3.8, 4) is 12.3 Å². The van der Waals surface area contributed by atoms with E-state index in [1.165, 1.54) is 0 Å². The number of nitrogens with one attached hydrogen (secondary N) is 2. The first-order chi connectivity index (χ1) is 17.7. The summed E-state index contributed by atoms with van der Waals surface area (Å²) in [4.78, 5) is 23.9. The fourth-order valence-electron chi connectivity index (χ4n) is 4.39. The Morgan fingerprint density at radius 1 is 1.27 bits per heavy atom. The Kier molecular flexibility index (Phi) is 8.50. The third kappa shape index (κ3) is 6.90. The maximum Gasteiger partial charge on any atom is 0.421 e. The van der Waals surface area contributed by atoms with Crippen molar-refractivity contribution < 1.29 is 22.7 Å². The second-order valence-corrected chi connectivity index (χ2v) is 9.20. The van der Waals surface area contributed by atoms with Crippen LogP contribution in [0.1, 0.15) is 43.0 Å². The number of hydrogen-bond donors (Lipinski definition) is 2. The monoisotopic (exact) mass is 520 g/mol. The zero-order valence-electron chi connectivity index (χ0n) is 20.7. The van der Waals surface area contributed by atoms with Gasteiger partial charge in [-0.3, -0.25) is 9.48 Å². The van der Waals surface area contributed by atoms with Crippen LogP contribution in [0.2, 0.25) is 0 Å². The summed E-state index contributed by atoms with van der Waals surface area (Å²) in [7, 11) is 2.07. The van der Waals surface area contributed by atoms with E-state index in [0.29, 0.717) is 37.5 Å². The van der Waals surface area contributed by atoms with Gasteiger partial charge in [0, 0.05) is 32.4 Å². The minimum Gasteiger partial charge on any atom is -0.372 e. The summed E-state index contributed by atoms with van der Waals surface area (Å²) in [5, 5.41) is 10.2. The van der Waals surface area contributed by atoms with Crippen molar-refractivity contribution in [2.45, 2.75) is 37.9 Å². The van der Waals surface area contributed by atoms with Gasteiger partial charge in [-0.15, -0.1) is 6.42 Å². The van der Waals surface area contributed by atoms with Gasteiger partial charge in [0.2, 0.25) is 11.9 Å². The van der Waals surface area contributed by atoms with Crippen LogP contribution in [0.3, 0.4) is 0 Å². The summed E-state index contributed by atoms with van der Waals surface area (Å²) in [6, 6.07) is 0.187. The molecule has 4 heterocycles. The van der Waals surface area contributed by atoms with Crippen molar-refractivity contribution in [2.24, 2.45) is 0 Å². The molecule has 2 fully saturated rings.